The topological polar surface area (TPSA) is 21.3 Å². The maximum Gasteiger partial charge on any atom is 0.119 e. The largest absolute Gasteiger partial charge is 0.493 e. The highest BCUT2D eigenvalue weighted by atomic mass is 16.5. The van der Waals surface area contributed by atoms with Gasteiger partial charge >= 0.3 is 0 Å². The van der Waals surface area contributed by atoms with Crippen molar-refractivity contribution in [1.82, 2.24) is 5.32 Å². The van der Waals surface area contributed by atoms with Crippen LogP contribution in [0.5, 0.6) is 5.75 Å². The van der Waals surface area contributed by atoms with Gasteiger partial charge in [0.1, 0.15) is 5.75 Å². The maximum absolute atomic E-state index is 5.93. The highest BCUT2D eigenvalue weighted by Crippen LogP contribution is 2.22. The van der Waals surface area contributed by atoms with Crippen LogP contribution in [0, 0.1) is 5.92 Å². The smallest absolute Gasteiger partial charge is 0.119 e. The average Bonchev–Trinajstić information content (AvgIpc) is 2.47. The molecule has 0 aliphatic rings. The van der Waals surface area contributed by atoms with Crippen LogP contribution in [-0.4, -0.2) is 13.2 Å². The number of rotatable bonds is 10. The molecule has 0 radical (unpaired) electrons. The second kappa shape index (κ2) is 9.82. The molecule has 0 heterocycles. The van der Waals surface area contributed by atoms with E-state index in [1.165, 1.54) is 24.8 Å². The van der Waals surface area contributed by atoms with E-state index in [9.17, 15) is 0 Å². The second-order valence-corrected chi connectivity index (χ2v) is 5.69. The molecule has 20 heavy (non-hydrogen) atoms. The van der Waals surface area contributed by atoms with Crippen molar-refractivity contribution in [3.8, 4) is 5.75 Å². The fourth-order valence-electron chi connectivity index (χ4n) is 2.45. The zero-order chi connectivity index (χ0) is 14.8. The van der Waals surface area contributed by atoms with E-state index < -0.39 is 0 Å². The van der Waals surface area contributed by atoms with Crippen LogP contribution in [0.15, 0.2) is 24.3 Å². The van der Waals surface area contributed by atoms with Gasteiger partial charge in [0.15, 0.2) is 0 Å². The standard InChI is InChI=1S/C18H31NO/c1-5-9-15(4)14-20-17-11-8-10-16(13-17)18(7-3)19-12-6-2/h8,10-11,13,15,18-19H,5-7,9,12,14H2,1-4H3. The van der Waals surface area contributed by atoms with Crippen molar-refractivity contribution in [2.45, 2.75) is 59.4 Å². The molecule has 2 atom stereocenters. The Morgan fingerprint density at radius 1 is 1.15 bits per heavy atom. The summed E-state index contributed by atoms with van der Waals surface area (Å²) in [6, 6.07) is 8.99. The van der Waals surface area contributed by atoms with Crippen LogP contribution in [0.1, 0.15) is 65.0 Å². The van der Waals surface area contributed by atoms with Gasteiger partial charge in [0.25, 0.3) is 0 Å². The molecule has 0 saturated heterocycles. The van der Waals surface area contributed by atoms with Gasteiger partial charge in [-0.25, -0.2) is 0 Å². The summed E-state index contributed by atoms with van der Waals surface area (Å²) in [6.07, 6.45) is 4.73. The Morgan fingerprint density at radius 3 is 2.60 bits per heavy atom. The van der Waals surface area contributed by atoms with Crippen molar-refractivity contribution >= 4 is 0 Å². The van der Waals surface area contributed by atoms with Gasteiger partial charge in [0, 0.05) is 6.04 Å². The fraction of sp³-hybridized carbons (Fsp3) is 0.667. The molecule has 0 spiro atoms. The Morgan fingerprint density at radius 2 is 1.95 bits per heavy atom. The highest BCUT2D eigenvalue weighted by Gasteiger charge is 2.09. The van der Waals surface area contributed by atoms with Crippen LogP contribution < -0.4 is 10.1 Å². The Balaban J connectivity index is 2.59. The van der Waals surface area contributed by atoms with Gasteiger partial charge in [-0.05, 0) is 49.4 Å². The molecule has 114 valence electrons. The lowest BCUT2D eigenvalue weighted by molar-refractivity contribution is 0.251. The Bertz CT molecular complexity index is 364. The van der Waals surface area contributed by atoms with Crippen LogP contribution in [0.25, 0.3) is 0 Å². The molecule has 1 aromatic rings. The monoisotopic (exact) mass is 277 g/mol. The van der Waals surface area contributed by atoms with Gasteiger partial charge in [-0.2, -0.15) is 0 Å². The Labute approximate surface area is 124 Å². The summed E-state index contributed by atoms with van der Waals surface area (Å²) in [5.74, 6) is 1.63. The molecule has 0 amide bonds. The summed E-state index contributed by atoms with van der Waals surface area (Å²) in [6.45, 7) is 10.8. The van der Waals surface area contributed by atoms with E-state index in [1.54, 1.807) is 0 Å². The van der Waals surface area contributed by atoms with Crippen molar-refractivity contribution < 1.29 is 4.74 Å². The minimum atomic E-state index is 0.437. The fourth-order valence-corrected chi connectivity index (χ4v) is 2.45. The van der Waals surface area contributed by atoms with Crippen LogP contribution in [0.4, 0.5) is 0 Å². The van der Waals surface area contributed by atoms with Crippen molar-refractivity contribution in [1.29, 1.82) is 0 Å². The lowest BCUT2D eigenvalue weighted by Gasteiger charge is -2.18. The lowest BCUT2D eigenvalue weighted by atomic mass is 10.0. The van der Waals surface area contributed by atoms with Crippen molar-refractivity contribution in [2.75, 3.05) is 13.2 Å². The van der Waals surface area contributed by atoms with Crippen LogP contribution in [0.3, 0.4) is 0 Å². The van der Waals surface area contributed by atoms with Crippen molar-refractivity contribution in [3.63, 3.8) is 0 Å². The van der Waals surface area contributed by atoms with Gasteiger partial charge in [-0.1, -0.05) is 46.2 Å². The van der Waals surface area contributed by atoms with Gasteiger partial charge < -0.3 is 10.1 Å². The average molecular weight is 277 g/mol. The molecule has 0 aromatic heterocycles. The van der Waals surface area contributed by atoms with Gasteiger partial charge in [0.05, 0.1) is 6.61 Å². The zero-order valence-electron chi connectivity index (χ0n) is 13.6. The Hall–Kier alpha value is -1.02. The van der Waals surface area contributed by atoms with Crippen molar-refractivity contribution in [3.05, 3.63) is 29.8 Å². The number of nitrogens with one attached hydrogen (secondary N) is 1. The molecule has 0 fully saturated rings. The Kier molecular flexibility index (Phi) is 8.36. The van der Waals surface area contributed by atoms with E-state index in [0.29, 0.717) is 12.0 Å². The first-order valence-corrected chi connectivity index (χ1v) is 8.17. The van der Waals surface area contributed by atoms with Crippen LogP contribution in [-0.2, 0) is 0 Å². The number of ether oxygens (including phenoxy) is 1. The third-order valence-corrected chi connectivity index (χ3v) is 3.63. The summed E-state index contributed by atoms with van der Waals surface area (Å²) in [5.41, 5.74) is 1.33. The summed E-state index contributed by atoms with van der Waals surface area (Å²) >= 11 is 0. The zero-order valence-corrected chi connectivity index (χ0v) is 13.6. The van der Waals surface area contributed by atoms with E-state index >= 15 is 0 Å². The molecule has 2 heteroatoms. The first-order chi connectivity index (χ1) is 9.71. The summed E-state index contributed by atoms with van der Waals surface area (Å²) < 4.78 is 5.93. The predicted octanol–water partition coefficient (Wildman–Crippen LogP) is 4.95. The van der Waals surface area contributed by atoms with Crippen molar-refractivity contribution in [2.24, 2.45) is 5.92 Å². The van der Waals surface area contributed by atoms with E-state index in [2.05, 4.69) is 57.3 Å². The predicted molar refractivity (Wildman–Crippen MR) is 87.3 cm³/mol. The summed E-state index contributed by atoms with van der Waals surface area (Å²) in [4.78, 5) is 0. The lowest BCUT2D eigenvalue weighted by Crippen LogP contribution is -2.21. The molecule has 0 saturated carbocycles. The van der Waals surface area contributed by atoms with Crippen LogP contribution in [0.2, 0.25) is 0 Å². The van der Waals surface area contributed by atoms with E-state index in [-0.39, 0.29) is 0 Å². The normalized spacial score (nSPS) is 14.0. The molecule has 0 bridgehead atoms. The minimum absolute atomic E-state index is 0.437. The molecule has 1 N–H and O–H groups in total. The van der Waals surface area contributed by atoms with E-state index in [0.717, 1.165) is 25.3 Å². The van der Waals surface area contributed by atoms with Gasteiger partial charge in [0.2, 0.25) is 0 Å². The summed E-state index contributed by atoms with van der Waals surface area (Å²) in [7, 11) is 0. The third-order valence-electron chi connectivity index (χ3n) is 3.63. The molecule has 2 unspecified atom stereocenters. The van der Waals surface area contributed by atoms with Gasteiger partial charge in [-0.15, -0.1) is 0 Å². The molecule has 2 nitrogen and oxygen atoms in total. The number of benzene rings is 1. The molecular weight excluding hydrogens is 246 g/mol. The second-order valence-electron chi connectivity index (χ2n) is 5.69. The van der Waals surface area contributed by atoms with Gasteiger partial charge in [-0.3, -0.25) is 0 Å². The first-order valence-electron chi connectivity index (χ1n) is 8.17. The highest BCUT2D eigenvalue weighted by molar-refractivity contribution is 5.30. The van der Waals surface area contributed by atoms with Crippen LogP contribution >= 0.6 is 0 Å². The van der Waals surface area contributed by atoms with E-state index in [4.69, 9.17) is 4.74 Å². The molecular formula is C18H31NO. The summed E-state index contributed by atoms with van der Waals surface area (Å²) in [5, 5.41) is 3.59. The number of hydrogen-bond donors (Lipinski definition) is 1. The molecule has 0 aliphatic carbocycles. The third kappa shape index (κ3) is 5.96. The molecule has 0 aliphatic heterocycles. The minimum Gasteiger partial charge on any atom is -0.493 e. The quantitative estimate of drug-likeness (QED) is 0.653. The van der Waals surface area contributed by atoms with E-state index in [1.807, 2.05) is 0 Å². The molecule has 1 rings (SSSR count). The number of hydrogen-bond acceptors (Lipinski definition) is 2. The first kappa shape index (κ1) is 17.0. The maximum atomic E-state index is 5.93. The SMILES string of the molecule is CCCNC(CC)c1cccc(OCC(C)CCC)c1. The molecule has 1 aromatic carbocycles.